The van der Waals surface area contributed by atoms with Crippen LogP contribution in [0.2, 0.25) is 0 Å². The molecule has 0 aromatic heterocycles. The Morgan fingerprint density at radius 2 is 1.68 bits per heavy atom. The minimum Gasteiger partial charge on any atom is -0.322 e. The van der Waals surface area contributed by atoms with E-state index in [0.717, 1.165) is 10.5 Å². The van der Waals surface area contributed by atoms with Crippen molar-refractivity contribution in [2.75, 3.05) is 10.2 Å². The third kappa shape index (κ3) is 3.33. The minimum absolute atomic E-state index is 0.0641. The van der Waals surface area contributed by atoms with Crippen molar-refractivity contribution in [1.82, 2.24) is 0 Å². The van der Waals surface area contributed by atoms with Gasteiger partial charge in [0, 0.05) is 11.8 Å². The van der Waals surface area contributed by atoms with Crippen molar-refractivity contribution in [1.29, 1.82) is 0 Å². The van der Waals surface area contributed by atoms with Crippen LogP contribution in [0.4, 0.5) is 17.1 Å². The van der Waals surface area contributed by atoms with Gasteiger partial charge in [-0.25, -0.2) is 4.90 Å². The second kappa shape index (κ2) is 7.83. The molecule has 0 radical (unpaired) electrons. The van der Waals surface area contributed by atoms with Crippen molar-refractivity contribution in [2.45, 2.75) is 13.3 Å². The first-order chi connectivity index (χ1) is 14.9. The summed E-state index contributed by atoms with van der Waals surface area (Å²) in [6.07, 6.45) is 0.709. The number of nitro groups is 1. The molecule has 3 aromatic carbocycles. The molecule has 0 bridgehead atoms. The van der Waals surface area contributed by atoms with Crippen LogP contribution in [-0.4, -0.2) is 22.6 Å². The largest absolute Gasteiger partial charge is 0.322 e. The summed E-state index contributed by atoms with van der Waals surface area (Å²) in [5.41, 5.74) is 0.944. The lowest BCUT2D eigenvalue weighted by atomic mass is 10.1. The number of rotatable bonds is 5. The lowest BCUT2D eigenvalue weighted by Gasteiger charge is -2.18. The zero-order valence-electron chi connectivity index (χ0n) is 16.5. The van der Waals surface area contributed by atoms with Gasteiger partial charge < -0.3 is 5.32 Å². The average molecular weight is 415 g/mol. The summed E-state index contributed by atoms with van der Waals surface area (Å²) in [5.74, 6) is -2.04. The second-order valence-corrected chi connectivity index (χ2v) is 6.88. The highest BCUT2D eigenvalue weighted by molar-refractivity contribution is 6.36. The van der Waals surface area contributed by atoms with Crippen molar-refractivity contribution in [3.8, 4) is 0 Å². The number of nitrogens with one attached hydrogen (secondary N) is 1. The maximum atomic E-state index is 13.1. The Bertz CT molecular complexity index is 1250. The first-order valence-corrected chi connectivity index (χ1v) is 9.58. The van der Waals surface area contributed by atoms with Crippen molar-refractivity contribution in [2.24, 2.45) is 0 Å². The Balaban J connectivity index is 1.75. The number of carbonyl (C=O) groups is 3. The maximum absolute atomic E-state index is 13.1. The Morgan fingerprint density at radius 3 is 2.42 bits per heavy atom. The molecule has 0 aliphatic carbocycles. The van der Waals surface area contributed by atoms with Crippen LogP contribution < -0.4 is 10.2 Å². The predicted octanol–water partition coefficient (Wildman–Crippen LogP) is 4.21. The van der Waals surface area contributed by atoms with Gasteiger partial charge in [0.2, 0.25) is 0 Å². The van der Waals surface area contributed by atoms with Gasteiger partial charge in [0.15, 0.2) is 0 Å². The molecule has 0 saturated carbocycles. The molecule has 0 fully saturated rings. The number of carbonyl (C=O) groups excluding carboxylic acids is 3. The van der Waals surface area contributed by atoms with Crippen LogP contribution in [0.15, 0.2) is 66.7 Å². The molecule has 154 valence electrons. The summed E-state index contributed by atoms with van der Waals surface area (Å²) in [5, 5.41) is 14.2. The van der Waals surface area contributed by atoms with Gasteiger partial charge in [-0.3, -0.25) is 24.5 Å². The van der Waals surface area contributed by atoms with Crippen LogP contribution in [0, 0.1) is 10.1 Å². The summed E-state index contributed by atoms with van der Waals surface area (Å²) in [6.45, 7) is 1.96. The van der Waals surface area contributed by atoms with E-state index in [0.29, 0.717) is 12.1 Å². The number of nitrogens with zero attached hydrogens (tertiary/aromatic N) is 2. The first kappa shape index (κ1) is 20.0. The predicted molar refractivity (Wildman–Crippen MR) is 114 cm³/mol. The van der Waals surface area contributed by atoms with Gasteiger partial charge in [-0.15, -0.1) is 0 Å². The maximum Gasteiger partial charge on any atom is 0.283 e. The van der Waals surface area contributed by atoms with Crippen LogP contribution in [0.1, 0.15) is 43.6 Å². The van der Waals surface area contributed by atoms with E-state index in [9.17, 15) is 24.5 Å². The second-order valence-electron chi connectivity index (χ2n) is 6.88. The summed E-state index contributed by atoms with van der Waals surface area (Å²) >= 11 is 0. The van der Waals surface area contributed by atoms with E-state index in [2.05, 4.69) is 5.32 Å². The molecular formula is C23H17N3O5. The van der Waals surface area contributed by atoms with Gasteiger partial charge in [-0.1, -0.05) is 43.3 Å². The number of hydrogen-bond donors (Lipinski definition) is 1. The van der Waals surface area contributed by atoms with Crippen LogP contribution in [0.3, 0.4) is 0 Å². The summed E-state index contributed by atoms with van der Waals surface area (Å²) in [6, 6.07) is 17.4. The highest BCUT2D eigenvalue weighted by atomic mass is 16.6. The quantitative estimate of drug-likeness (QED) is 0.381. The van der Waals surface area contributed by atoms with Gasteiger partial charge >= 0.3 is 0 Å². The van der Waals surface area contributed by atoms with E-state index in [1.165, 1.54) is 30.3 Å². The molecule has 8 nitrogen and oxygen atoms in total. The van der Waals surface area contributed by atoms with Crippen molar-refractivity contribution < 1.29 is 19.3 Å². The van der Waals surface area contributed by atoms with E-state index in [1.54, 1.807) is 24.3 Å². The van der Waals surface area contributed by atoms with Crippen LogP contribution in [-0.2, 0) is 6.42 Å². The third-order valence-corrected chi connectivity index (χ3v) is 5.13. The molecule has 4 rings (SSSR count). The Hall–Kier alpha value is -4.33. The van der Waals surface area contributed by atoms with Gasteiger partial charge in [0.25, 0.3) is 23.4 Å². The van der Waals surface area contributed by atoms with Crippen molar-refractivity contribution in [3.05, 3.63) is 99.1 Å². The molecule has 0 atom stereocenters. The minimum atomic E-state index is -0.832. The van der Waals surface area contributed by atoms with Crippen molar-refractivity contribution >= 4 is 34.8 Å². The SMILES string of the molecule is CCc1ccccc1NC(=O)c1ccccc1N1C(=O)c2cccc([N+](=O)[O-])c2C1=O. The number of nitro benzene ring substituents is 1. The zero-order valence-corrected chi connectivity index (χ0v) is 16.5. The monoisotopic (exact) mass is 415 g/mol. The molecule has 0 unspecified atom stereocenters. The Kier molecular flexibility index (Phi) is 5.04. The van der Waals surface area contributed by atoms with Gasteiger partial charge in [0.05, 0.1) is 21.7 Å². The molecule has 1 aliphatic rings. The normalized spacial score (nSPS) is 12.6. The molecule has 0 spiro atoms. The van der Waals surface area contributed by atoms with Crippen LogP contribution in [0.25, 0.3) is 0 Å². The van der Waals surface area contributed by atoms with E-state index in [-0.39, 0.29) is 22.4 Å². The topological polar surface area (TPSA) is 110 Å². The van der Waals surface area contributed by atoms with E-state index in [4.69, 9.17) is 0 Å². The number of para-hydroxylation sites is 2. The van der Waals surface area contributed by atoms with E-state index >= 15 is 0 Å². The number of aryl methyl sites for hydroxylation is 1. The summed E-state index contributed by atoms with van der Waals surface area (Å²) in [7, 11) is 0. The van der Waals surface area contributed by atoms with Crippen LogP contribution >= 0.6 is 0 Å². The average Bonchev–Trinajstić information content (AvgIpc) is 3.04. The number of amides is 3. The fourth-order valence-electron chi connectivity index (χ4n) is 3.64. The van der Waals surface area contributed by atoms with E-state index < -0.39 is 28.3 Å². The van der Waals surface area contributed by atoms with Gasteiger partial charge in [-0.2, -0.15) is 0 Å². The first-order valence-electron chi connectivity index (χ1n) is 9.58. The van der Waals surface area contributed by atoms with Crippen molar-refractivity contribution in [3.63, 3.8) is 0 Å². The van der Waals surface area contributed by atoms with E-state index in [1.807, 2.05) is 19.1 Å². The number of fused-ring (bicyclic) bond motifs is 1. The molecule has 1 N–H and O–H groups in total. The zero-order chi connectivity index (χ0) is 22.1. The van der Waals surface area contributed by atoms with Gasteiger partial charge in [0.1, 0.15) is 5.56 Å². The number of benzene rings is 3. The third-order valence-electron chi connectivity index (χ3n) is 5.13. The smallest absolute Gasteiger partial charge is 0.283 e. The molecule has 1 aliphatic heterocycles. The number of hydrogen-bond acceptors (Lipinski definition) is 5. The fourth-order valence-corrected chi connectivity index (χ4v) is 3.64. The van der Waals surface area contributed by atoms with Gasteiger partial charge in [-0.05, 0) is 36.2 Å². The molecule has 8 heteroatoms. The lowest BCUT2D eigenvalue weighted by molar-refractivity contribution is -0.385. The number of imide groups is 1. The highest BCUT2D eigenvalue weighted by Gasteiger charge is 2.42. The molecule has 31 heavy (non-hydrogen) atoms. The molecule has 3 amide bonds. The molecular weight excluding hydrogens is 398 g/mol. The lowest BCUT2D eigenvalue weighted by Crippen LogP contribution is -2.31. The molecule has 3 aromatic rings. The molecule has 1 heterocycles. The Morgan fingerprint density at radius 1 is 0.968 bits per heavy atom. The summed E-state index contributed by atoms with van der Waals surface area (Å²) < 4.78 is 0. The number of anilines is 2. The summed E-state index contributed by atoms with van der Waals surface area (Å²) in [4.78, 5) is 50.5. The molecule has 0 saturated heterocycles. The standard InChI is InChI=1S/C23H17N3O5/c1-2-14-8-3-5-11-17(14)24-21(27)15-9-4-6-12-18(15)25-22(28)16-10-7-13-19(26(30)31)20(16)23(25)29/h3-13H,2H2,1H3,(H,24,27). The highest BCUT2D eigenvalue weighted by Crippen LogP contribution is 2.35. The van der Waals surface area contributed by atoms with Crippen LogP contribution in [0.5, 0.6) is 0 Å². The fraction of sp³-hybridized carbons (Fsp3) is 0.0870. The Labute approximate surface area is 177 Å².